The van der Waals surface area contributed by atoms with Crippen molar-refractivity contribution in [1.82, 2.24) is 4.98 Å². The molecule has 0 atom stereocenters. The molecule has 5 heteroatoms. The van der Waals surface area contributed by atoms with Gasteiger partial charge in [-0.1, -0.05) is 0 Å². The van der Waals surface area contributed by atoms with Gasteiger partial charge in [-0.25, -0.2) is 4.98 Å². The van der Waals surface area contributed by atoms with Gasteiger partial charge in [-0.3, -0.25) is 0 Å². The van der Waals surface area contributed by atoms with Crippen molar-refractivity contribution in [2.75, 3.05) is 0 Å². The van der Waals surface area contributed by atoms with Crippen LogP contribution in [-0.2, 0) is 12.6 Å². The van der Waals surface area contributed by atoms with E-state index in [2.05, 4.69) is 11.9 Å². The lowest BCUT2D eigenvalue weighted by atomic mass is 10.1. The fourth-order valence-electron chi connectivity index (χ4n) is 1.59. The average molecular weight is 254 g/mol. The number of hydrogen-bond donors (Lipinski definition) is 0. The largest absolute Gasteiger partial charge is 0.441 e. The van der Waals surface area contributed by atoms with E-state index in [9.17, 15) is 13.2 Å². The van der Waals surface area contributed by atoms with Crippen molar-refractivity contribution in [3.05, 3.63) is 48.2 Å². The summed E-state index contributed by atoms with van der Waals surface area (Å²) in [6, 6.07) is 4.72. The van der Waals surface area contributed by atoms with Crippen molar-refractivity contribution in [2.45, 2.75) is 19.5 Å². The minimum Gasteiger partial charge on any atom is -0.441 e. The first-order valence-electron chi connectivity index (χ1n) is 5.35. The summed E-state index contributed by atoms with van der Waals surface area (Å²) in [5, 5.41) is 0. The van der Waals surface area contributed by atoms with Crippen LogP contribution < -0.4 is 0 Å². The molecule has 0 aliphatic carbocycles. The highest BCUT2D eigenvalue weighted by atomic mass is 19.4. The summed E-state index contributed by atoms with van der Waals surface area (Å²) >= 11 is 0. The molecule has 0 radical (unpaired) electrons. The molecule has 0 fully saturated rings. The molecule has 0 saturated carbocycles. The minimum absolute atomic E-state index is 0.319. The van der Waals surface area contributed by atoms with Gasteiger partial charge in [0.1, 0.15) is 17.9 Å². The highest BCUT2D eigenvalue weighted by Crippen LogP contribution is 2.31. The van der Waals surface area contributed by atoms with E-state index >= 15 is 0 Å². The van der Waals surface area contributed by atoms with Crippen molar-refractivity contribution in [2.24, 2.45) is 0 Å². The van der Waals surface area contributed by atoms with E-state index in [1.807, 2.05) is 0 Å². The van der Waals surface area contributed by atoms with Crippen LogP contribution in [0.4, 0.5) is 13.2 Å². The summed E-state index contributed by atoms with van der Waals surface area (Å²) in [4.78, 5) is 4.18. The van der Waals surface area contributed by atoms with Gasteiger partial charge in [0.25, 0.3) is 0 Å². The van der Waals surface area contributed by atoms with E-state index in [4.69, 9.17) is 4.42 Å². The van der Waals surface area contributed by atoms with Crippen LogP contribution in [-0.4, -0.2) is 4.98 Å². The third-order valence-corrected chi connectivity index (χ3v) is 2.59. The summed E-state index contributed by atoms with van der Waals surface area (Å²) in [6.07, 6.45) is -3.85. The predicted octanol–water partition coefficient (Wildman–Crippen LogP) is 4.05. The molecule has 0 spiro atoms. The zero-order valence-electron chi connectivity index (χ0n) is 9.71. The molecule has 1 aromatic heterocycles. The van der Waals surface area contributed by atoms with Crippen molar-refractivity contribution in [1.29, 1.82) is 0 Å². The topological polar surface area (TPSA) is 26.0 Å². The zero-order valence-corrected chi connectivity index (χ0v) is 9.71. The molecule has 0 bridgehead atoms. The predicted molar refractivity (Wildman–Crippen MR) is 60.7 cm³/mol. The third kappa shape index (κ3) is 2.34. The number of nitrogens with zero attached hydrogens (tertiary/aromatic N) is 1. The Kier molecular flexibility index (Phi) is 3.07. The van der Waals surface area contributed by atoms with E-state index in [1.54, 1.807) is 6.92 Å². The number of hydrogen-bond acceptors (Lipinski definition) is 2. The number of aryl methyl sites for hydroxylation is 1. The Morgan fingerprint density at radius 3 is 2.28 bits per heavy atom. The molecule has 0 aliphatic heterocycles. The fraction of sp³-hybridized carbons (Fsp3) is 0.231. The summed E-state index contributed by atoms with van der Waals surface area (Å²) in [5.41, 5.74) is 0.544. The Labute approximate surface area is 102 Å². The van der Waals surface area contributed by atoms with Crippen molar-refractivity contribution >= 4 is 0 Å². The second kappa shape index (κ2) is 4.40. The SMILES string of the molecule is [CH2+]Cc1nc(-c2ccc(C(F)(F)F)cc2)oc1C. The van der Waals surface area contributed by atoms with Gasteiger partial charge < -0.3 is 4.42 Å². The molecule has 2 rings (SSSR count). The van der Waals surface area contributed by atoms with Crippen LogP contribution in [0.5, 0.6) is 0 Å². The Balaban J connectivity index is 2.34. The standard InChI is InChI=1S/C13H11F3NO/c1-3-11-8(2)18-12(17-11)9-4-6-10(7-5-9)13(14,15)16/h4-7H,1,3H2,2H3/q+1. The summed E-state index contributed by atoms with van der Waals surface area (Å²) in [6.45, 7) is 5.45. The van der Waals surface area contributed by atoms with Gasteiger partial charge in [0.15, 0.2) is 0 Å². The molecule has 18 heavy (non-hydrogen) atoms. The van der Waals surface area contributed by atoms with Gasteiger partial charge >= 0.3 is 6.18 Å². The van der Waals surface area contributed by atoms with Crippen LogP contribution in [0.2, 0.25) is 0 Å². The van der Waals surface area contributed by atoms with Crippen LogP contribution in [0.25, 0.3) is 11.5 Å². The Morgan fingerprint density at radius 1 is 1.22 bits per heavy atom. The number of rotatable bonds is 2. The van der Waals surface area contributed by atoms with E-state index in [0.717, 1.165) is 12.1 Å². The zero-order chi connectivity index (χ0) is 13.3. The van der Waals surface area contributed by atoms with Crippen LogP contribution in [0, 0.1) is 13.8 Å². The molecule has 0 amide bonds. The smallest absolute Gasteiger partial charge is 0.416 e. The maximum absolute atomic E-state index is 12.4. The van der Waals surface area contributed by atoms with Crippen molar-refractivity contribution in [3.63, 3.8) is 0 Å². The first kappa shape index (κ1) is 12.5. The first-order chi connectivity index (χ1) is 8.41. The molecule has 0 unspecified atom stereocenters. The maximum atomic E-state index is 12.4. The number of alkyl halides is 3. The average Bonchev–Trinajstić information content (AvgIpc) is 2.69. The molecule has 1 heterocycles. The van der Waals surface area contributed by atoms with Crippen LogP contribution in [0.15, 0.2) is 28.7 Å². The van der Waals surface area contributed by atoms with E-state index < -0.39 is 11.7 Å². The van der Waals surface area contributed by atoms with Gasteiger partial charge in [0, 0.05) is 5.56 Å². The highest BCUT2D eigenvalue weighted by molar-refractivity contribution is 5.54. The molecule has 1 aromatic carbocycles. The molecule has 0 saturated heterocycles. The summed E-state index contributed by atoms with van der Waals surface area (Å²) < 4.78 is 42.6. The molecule has 0 aliphatic rings. The minimum atomic E-state index is -4.33. The van der Waals surface area contributed by atoms with Crippen LogP contribution in [0.1, 0.15) is 17.0 Å². The molecule has 2 aromatic rings. The fourth-order valence-corrected chi connectivity index (χ4v) is 1.59. The first-order valence-corrected chi connectivity index (χ1v) is 5.35. The second-order valence-corrected chi connectivity index (χ2v) is 3.85. The van der Waals surface area contributed by atoms with Gasteiger partial charge in [-0.15, -0.1) is 0 Å². The molecule has 0 N–H and O–H groups in total. The lowest BCUT2D eigenvalue weighted by Gasteiger charge is -2.05. The van der Waals surface area contributed by atoms with E-state index in [-0.39, 0.29) is 0 Å². The Morgan fingerprint density at radius 2 is 1.83 bits per heavy atom. The van der Waals surface area contributed by atoms with Crippen molar-refractivity contribution < 1.29 is 17.6 Å². The number of halogens is 3. The summed E-state index contributed by atoms with van der Waals surface area (Å²) in [5.74, 6) is 0.958. The van der Waals surface area contributed by atoms with Gasteiger partial charge in [0.05, 0.1) is 12.5 Å². The molecule has 2 nitrogen and oxygen atoms in total. The monoisotopic (exact) mass is 254 g/mol. The number of aromatic nitrogens is 1. The van der Waals surface area contributed by atoms with Gasteiger partial charge in [0.2, 0.25) is 5.89 Å². The molecular weight excluding hydrogens is 243 g/mol. The van der Waals surface area contributed by atoms with E-state index in [0.29, 0.717) is 29.3 Å². The second-order valence-electron chi connectivity index (χ2n) is 3.85. The maximum Gasteiger partial charge on any atom is 0.416 e. The van der Waals surface area contributed by atoms with Crippen molar-refractivity contribution in [3.8, 4) is 11.5 Å². The highest BCUT2D eigenvalue weighted by Gasteiger charge is 2.30. The van der Waals surface area contributed by atoms with Gasteiger partial charge in [-0.05, 0) is 31.2 Å². The Bertz CT molecular complexity index is 540. The van der Waals surface area contributed by atoms with Gasteiger partial charge in [-0.2, -0.15) is 13.2 Å². The number of oxazole rings is 1. The lowest BCUT2D eigenvalue weighted by Crippen LogP contribution is -2.03. The number of benzene rings is 1. The van der Waals surface area contributed by atoms with Crippen LogP contribution in [0.3, 0.4) is 0 Å². The normalized spacial score (nSPS) is 11.8. The van der Waals surface area contributed by atoms with E-state index in [1.165, 1.54) is 12.1 Å². The lowest BCUT2D eigenvalue weighted by molar-refractivity contribution is -0.137. The quantitative estimate of drug-likeness (QED) is 0.756. The third-order valence-electron chi connectivity index (χ3n) is 2.59. The summed E-state index contributed by atoms with van der Waals surface area (Å²) in [7, 11) is 0. The Hall–Kier alpha value is -1.91. The molecular formula is C13H11F3NO+. The van der Waals surface area contributed by atoms with Crippen LogP contribution >= 0.6 is 0 Å². The molecule has 94 valence electrons.